The summed E-state index contributed by atoms with van der Waals surface area (Å²) < 4.78 is 0. The van der Waals surface area contributed by atoms with Crippen molar-refractivity contribution in [2.24, 2.45) is 0 Å². The monoisotopic (exact) mass is 333 g/mol. The van der Waals surface area contributed by atoms with E-state index in [2.05, 4.69) is 16.7 Å². The number of amides is 2. The Labute approximate surface area is 140 Å². The Morgan fingerprint density at radius 1 is 1.30 bits per heavy atom. The Morgan fingerprint density at radius 2 is 2.09 bits per heavy atom. The third kappa shape index (κ3) is 4.97. The Hall–Kier alpha value is -2.05. The van der Waals surface area contributed by atoms with E-state index in [-0.39, 0.29) is 12.6 Å². The number of hydrogen-bond acceptors (Lipinski definition) is 4. The number of anilines is 1. The van der Waals surface area contributed by atoms with Crippen LogP contribution in [0.3, 0.4) is 0 Å². The summed E-state index contributed by atoms with van der Waals surface area (Å²) >= 11 is 1.52. The van der Waals surface area contributed by atoms with Gasteiger partial charge in [0.25, 0.3) is 0 Å². The first-order valence-corrected chi connectivity index (χ1v) is 8.40. The van der Waals surface area contributed by atoms with Crippen molar-refractivity contribution in [1.82, 2.24) is 10.6 Å². The molecule has 0 bridgehead atoms. The van der Waals surface area contributed by atoms with Crippen molar-refractivity contribution in [2.75, 3.05) is 25.5 Å². The number of aliphatic hydroxyl groups is 1. The average molecular weight is 333 g/mol. The molecule has 6 heteroatoms. The Bertz CT molecular complexity index is 641. The third-order valence-corrected chi connectivity index (χ3v) is 4.37. The highest BCUT2D eigenvalue weighted by Crippen LogP contribution is 2.17. The number of benzene rings is 1. The number of rotatable bonds is 6. The molecule has 1 unspecified atom stereocenters. The lowest BCUT2D eigenvalue weighted by Gasteiger charge is -2.16. The van der Waals surface area contributed by atoms with E-state index >= 15 is 0 Å². The highest BCUT2D eigenvalue weighted by Gasteiger charge is 2.10. The standard InChI is InChI=1S/C17H23N3O2S/c1-12-8-15(20(2)3)5-4-13(12)9-18-17(22)19-10-16(21)14-6-7-23-11-14/h4-8,11,16,21H,9-10H2,1-3H3,(H2,18,19,22). The Kier molecular flexibility index (Phi) is 6.01. The fourth-order valence-electron chi connectivity index (χ4n) is 2.17. The van der Waals surface area contributed by atoms with Gasteiger partial charge in [-0.25, -0.2) is 4.79 Å². The van der Waals surface area contributed by atoms with E-state index in [0.717, 1.165) is 22.4 Å². The van der Waals surface area contributed by atoms with Crippen LogP contribution in [0, 0.1) is 6.92 Å². The van der Waals surface area contributed by atoms with Crippen LogP contribution in [0.5, 0.6) is 0 Å². The molecule has 0 aliphatic carbocycles. The number of nitrogens with zero attached hydrogens (tertiary/aromatic N) is 1. The Morgan fingerprint density at radius 3 is 2.70 bits per heavy atom. The number of urea groups is 1. The molecule has 0 radical (unpaired) electrons. The summed E-state index contributed by atoms with van der Waals surface area (Å²) in [6.07, 6.45) is -0.673. The lowest BCUT2D eigenvalue weighted by molar-refractivity contribution is 0.173. The first kappa shape index (κ1) is 17.3. The van der Waals surface area contributed by atoms with E-state index in [0.29, 0.717) is 6.54 Å². The largest absolute Gasteiger partial charge is 0.387 e. The van der Waals surface area contributed by atoms with Crippen molar-refractivity contribution >= 4 is 23.1 Å². The molecule has 3 N–H and O–H groups in total. The molecule has 5 nitrogen and oxygen atoms in total. The molecule has 0 aliphatic rings. The number of carbonyl (C=O) groups excluding carboxylic acids is 1. The average Bonchev–Trinajstić information content (AvgIpc) is 3.05. The second-order valence-corrected chi connectivity index (χ2v) is 6.42. The molecule has 0 aliphatic heterocycles. The molecule has 2 rings (SSSR count). The number of aryl methyl sites for hydroxylation is 1. The van der Waals surface area contributed by atoms with Crippen molar-refractivity contribution in [3.63, 3.8) is 0 Å². The van der Waals surface area contributed by atoms with Crippen LogP contribution in [0.1, 0.15) is 22.8 Å². The van der Waals surface area contributed by atoms with Gasteiger partial charge in [0.15, 0.2) is 0 Å². The number of nitrogens with one attached hydrogen (secondary N) is 2. The van der Waals surface area contributed by atoms with Crippen LogP contribution in [-0.2, 0) is 6.54 Å². The van der Waals surface area contributed by atoms with Gasteiger partial charge >= 0.3 is 6.03 Å². The molecule has 2 aromatic rings. The zero-order chi connectivity index (χ0) is 16.8. The van der Waals surface area contributed by atoms with Gasteiger partial charge in [-0.2, -0.15) is 11.3 Å². The molecule has 2 amide bonds. The van der Waals surface area contributed by atoms with E-state index in [1.54, 1.807) is 0 Å². The summed E-state index contributed by atoms with van der Waals surface area (Å²) in [7, 11) is 4.00. The van der Waals surface area contributed by atoms with Gasteiger partial charge in [0, 0.05) is 32.9 Å². The van der Waals surface area contributed by atoms with E-state index in [4.69, 9.17) is 0 Å². The zero-order valence-corrected chi connectivity index (χ0v) is 14.5. The maximum atomic E-state index is 11.8. The maximum absolute atomic E-state index is 11.8. The van der Waals surface area contributed by atoms with Gasteiger partial charge in [-0.1, -0.05) is 6.07 Å². The van der Waals surface area contributed by atoms with Gasteiger partial charge in [0.2, 0.25) is 0 Å². The van der Waals surface area contributed by atoms with Crippen molar-refractivity contribution in [3.8, 4) is 0 Å². The number of hydrogen-bond donors (Lipinski definition) is 3. The summed E-state index contributed by atoms with van der Waals surface area (Å²) in [5.74, 6) is 0. The van der Waals surface area contributed by atoms with Gasteiger partial charge < -0.3 is 20.6 Å². The minimum absolute atomic E-state index is 0.196. The minimum Gasteiger partial charge on any atom is -0.387 e. The van der Waals surface area contributed by atoms with Gasteiger partial charge in [0.05, 0.1) is 6.10 Å². The van der Waals surface area contributed by atoms with Gasteiger partial charge in [-0.3, -0.25) is 0 Å². The van der Waals surface area contributed by atoms with Crippen LogP contribution in [0.4, 0.5) is 10.5 Å². The predicted molar refractivity (Wildman–Crippen MR) is 95.0 cm³/mol. The fourth-order valence-corrected chi connectivity index (χ4v) is 2.87. The highest BCUT2D eigenvalue weighted by molar-refractivity contribution is 7.07. The zero-order valence-electron chi connectivity index (χ0n) is 13.7. The second-order valence-electron chi connectivity index (χ2n) is 5.64. The van der Waals surface area contributed by atoms with Crippen LogP contribution < -0.4 is 15.5 Å². The number of thiophene rings is 1. The van der Waals surface area contributed by atoms with E-state index in [9.17, 15) is 9.90 Å². The number of aliphatic hydroxyl groups excluding tert-OH is 1. The second kappa shape index (κ2) is 7.99. The SMILES string of the molecule is Cc1cc(N(C)C)ccc1CNC(=O)NCC(O)c1ccsc1. The number of carbonyl (C=O) groups is 1. The maximum Gasteiger partial charge on any atom is 0.315 e. The van der Waals surface area contributed by atoms with Crippen molar-refractivity contribution in [3.05, 3.63) is 51.7 Å². The minimum atomic E-state index is -0.673. The molecule has 1 heterocycles. The van der Waals surface area contributed by atoms with Crippen LogP contribution in [-0.4, -0.2) is 31.8 Å². The molecule has 0 saturated carbocycles. The van der Waals surface area contributed by atoms with E-state index < -0.39 is 6.10 Å². The predicted octanol–water partition coefficient (Wildman–Crippen LogP) is 2.66. The lowest BCUT2D eigenvalue weighted by Crippen LogP contribution is -2.37. The molecule has 0 saturated heterocycles. The summed E-state index contributed by atoms with van der Waals surface area (Å²) in [5, 5.41) is 19.2. The Balaban J connectivity index is 1.80. The molecule has 124 valence electrons. The quantitative estimate of drug-likeness (QED) is 0.761. The van der Waals surface area contributed by atoms with Crippen molar-refractivity contribution in [1.29, 1.82) is 0 Å². The molecule has 23 heavy (non-hydrogen) atoms. The van der Waals surface area contributed by atoms with Crippen molar-refractivity contribution < 1.29 is 9.90 Å². The fraction of sp³-hybridized carbons (Fsp3) is 0.353. The van der Waals surface area contributed by atoms with Crippen LogP contribution in [0.25, 0.3) is 0 Å². The van der Waals surface area contributed by atoms with Crippen LogP contribution in [0.15, 0.2) is 35.0 Å². The van der Waals surface area contributed by atoms with Gasteiger partial charge in [0.1, 0.15) is 0 Å². The van der Waals surface area contributed by atoms with Crippen molar-refractivity contribution in [2.45, 2.75) is 19.6 Å². The smallest absolute Gasteiger partial charge is 0.315 e. The van der Waals surface area contributed by atoms with E-state index in [1.807, 2.05) is 54.9 Å². The third-order valence-electron chi connectivity index (χ3n) is 3.67. The highest BCUT2D eigenvalue weighted by atomic mass is 32.1. The molecule has 1 aromatic carbocycles. The van der Waals surface area contributed by atoms with Crippen LogP contribution in [0.2, 0.25) is 0 Å². The summed E-state index contributed by atoms with van der Waals surface area (Å²) in [5.41, 5.74) is 4.17. The molecular weight excluding hydrogens is 310 g/mol. The first-order chi connectivity index (χ1) is 11.0. The van der Waals surface area contributed by atoms with E-state index in [1.165, 1.54) is 11.3 Å². The summed E-state index contributed by atoms with van der Waals surface area (Å²) in [4.78, 5) is 13.9. The molecular formula is C17H23N3O2S. The summed E-state index contributed by atoms with van der Waals surface area (Å²) in [6.45, 7) is 2.68. The van der Waals surface area contributed by atoms with Gasteiger partial charge in [-0.05, 0) is 52.6 Å². The normalized spacial score (nSPS) is 11.8. The molecule has 1 aromatic heterocycles. The molecule has 0 spiro atoms. The lowest BCUT2D eigenvalue weighted by atomic mass is 10.1. The van der Waals surface area contributed by atoms with Gasteiger partial charge in [-0.15, -0.1) is 0 Å². The molecule has 0 fully saturated rings. The van der Waals surface area contributed by atoms with Crippen LogP contribution >= 0.6 is 11.3 Å². The summed E-state index contributed by atoms with van der Waals surface area (Å²) in [6, 6.07) is 7.71. The molecule has 1 atom stereocenters. The first-order valence-electron chi connectivity index (χ1n) is 7.46. The topological polar surface area (TPSA) is 64.6 Å².